The lowest BCUT2D eigenvalue weighted by atomic mass is 9.92. The molecule has 0 spiro atoms. The minimum atomic E-state index is -0.521. The molecule has 0 fully saturated rings. The van der Waals surface area contributed by atoms with Crippen LogP contribution in [0.25, 0.3) is 0 Å². The van der Waals surface area contributed by atoms with Gasteiger partial charge < -0.3 is 19.5 Å². The van der Waals surface area contributed by atoms with Crippen molar-refractivity contribution >= 4 is 17.3 Å². The van der Waals surface area contributed by atoms with Crippen molar-refractivity contribution in [2.75, 3.05) is 23.4 Å². The molecule has 0 saturated carbocycles. The van der Waals surface area contributed by atoms with E-state index in [1.807, 2.05) is 19.9 Å². The van der Waals surface area contributed by atoms with Gasteiger partial charge in [-0.1, -0.05) is 0 Å². The zero-order chi connectivity index (χ0) is 16.7. The van der Waals surface area contributed by atoms with E-state index in [1.165, 1.54) is 0 Å². The highest BCUT2D eigenvalue weighted by Gasteiger charge is 2.35. The van der Waals surface area contributed by atoms with E-state index in [-0.39, 0.29) is 5.91 Å². The second-order valence-electron chi connectivity index (χ2n) is 6.82. The summed E-state index contributed by atoms with van der Waals surface area (Å²) in [6, 6.07) is 1.83. The molecule has 4 heterocycles. The van der Waals surface area contributed by atoms with Crippen LogP contribution in [0.3, 0.4) is 0 Å². The summed E-state index contributed by atoms with van der Waals surface area (Å²) in [6.07, 6.45) is 3.47. The third-order valence-corrected chi connectivity index (χ3v) is 4.52. The Hall–Kier alpha value is -2.48. The average Bonchev–Trinajstić information content (AvgIpc) is 2.94. The second-order valence-corrected chi connectivity index (χ2v) is 6.82. The molecule has 2 aliphatic heterocycles. The zero-order valence-corrected chi connectivity index (χ0v) is 13.8. The van der Waals surface area contributed by atoms with Gasteiger partial charge in [-0.2, -0.15) is 0 Å². The van der Waals surface area contributed by atoms with Crippen LogP contribution in [0.15, 0.2) is 18.5 Å². The van der Waals surface area contributed by atoms with Crippen molar-refractivity contribution in [3.05, 3.63) is 30.1 Å². The lowest BCUT2D eigenvalue weighted by molar-refractivity contribution is -0.123. The summed E-state index contributed by atoms with van der Waals surface area (Å²) in [4.78, 5) is 18.8. The number of hydrogen-bond donors (Lipinski definition) is 1. The molecule has 2 aromatic heterocycles. The normalized spacial score (nSPS) is 19.2. The van der Waals surface area contributed by atoms with Crippen molar-refractivity contribution in [1.29, 1.82) is 0 Å². The minimum Gasteiger partial charge on any atom is -0.372 e. The number of carbonyl (C=O) groups excluding carboxylic acids is 1. The van der Waals surface area contributed by atoms with Gasteiger partial charge in [-0.25, -0.2) is 0 Å². The van der Waals surface area contributed by atoms with Gasteiger partial charge >= 0.3 is 0 Å². The molecule has 0 atom stereocenters. The average molecular weight is 328 g/mol. The smallest absolute Gasteiger partial charge is 0.231 e. The fourth-order valence-electron chi connectivity index (χ4n) is 3.15. The van der Waals surface area contributed by atoms with Crippen LogP contribution in [-0.2, 0) is 29.2 Å². The van der Waals surface area contributed by atoms with E-state index in [9.17, 15) is 4.79 Å². The first-order chi connectivity index (χ1) is 11.5. The summed E-state index contributed by atoms with van der Waals surface area (Å²) in [5, 5.41) is 11.5. The topological polar surface area (TPSA) is 85.2 Å². The van der Waals surface area contributed by atoms with Gasteiger partial charge in [0.2, 0.25) is 5.91 Å². The van der Waals surface area contributed by atoms with Crippen LogP contribution in [0, 0.1) is 5.41 Å². The number of nitrogens with zero attached hydrogens (tertiary/aromatic N) is 5. The van der Waals surface area contributed by atoms with Crippen LogP contribution < -0.4 is 10.2 Å². The molecule has 0 radical (unpaired) electrons. The molecule has 0 bridgehead atoms. The van der Waals surface area contributed by atoms with Crippen molar-refractivity contribution in [2.45, 2.75) is 33.5 Å². The molecule has 8 heteroatoms. The van der Waals surface area contributed by atoms with Crippen molar-refractivity contribution in [3.8, 4) is 0 Å². The number of aromatic nitrogens is 4. The van der Waals surface area contributed by atoms with Gasteiger partial charge in [-0.15, -0.1) is 10.2 Å². The van der Waals surface area contributed by atoms with Crippen LogP contribution in [-0.4, -0.2) is 38.8 Å². The van der Waals surface area contributed by atoms with Crippen LogP contribution in [0.2, 0.25) is 0 Å². The Kier molecular flexibility index (Phi) is 3.49. The molecular formula is C16H20N6O2. The van der Waals surface area contributed by atoms with E-state index in [4.69, 9.17) is 4.74 Å². The zero-order valence-electron chi connectivity index (χ0n) is 13.8. The fraction of sp³-hybridized carbons (Fsp3) is 0.500. The van der Waals surface area contributed by atoms with E-state index in [2.05, 4.69) is 30.0 Å². The first kappa shape index (κ1) is 15.1. The Balaban J connectivity index is 1.70. The molecule has 24 heavy (non-hydrogen) atoms. The van der Waals surface area contributed by atoms with E-state index < -0.39 is 5.41 Å². The molecule has 2 aromatic rings. The Morgan fingerprint density at radius 2 is 2.25 bits per heavy atom. The maximum absolute atomic E-state index is 12.5. The van der Waals surface area contributed by atoms with E-state index >= 15 is 0 Å². The van der Waals surface area contributed by atoms with Gasteiger partial charge in [0, 0.05) is 19.3 Å². The minimum absolute atomic E-state index is 0.00845. The van der Waals surface area contributed by atoms with Crippen molar-refractivity contribution < 1.29 is 9.53 Å². The predicted molar refractivity (Wildman–Crippen MR) is 87.4 cm³/mol. The maximum atomic E-state index is 12.5. The molecule has 0 saturated heterocycles. The predicted octanol–water partition coefficient (Wildman–Crippen LogP) is 1.19. The summed E-state index contributed by atoms with van der Waals surface area (Å²) >= 11 is 0. The van der Waals surface area contributed by atoms with Gasteiger partial charge in [0.15, 0.2) is 11.6 Å². The summed E-state index contributed by atoms with van der Waals surface area (Å²) in [6.45, 7) is 6.97. The number of anilines is 2. The molecule has 1 N–H and O–H groups in total. The Labute approximate surface area is 139 Å². The highest BCUT2D eigenvalue weighted by molar-refractivity contribution is 5.99. The highest BCUT2D eigenvalue weighted by Crippen LogP contribution is 2.34. The maximum Gasteiger partial charge on any atom is 0.231 e. The monoisotopic (exact) mass is 328 g/mol. The summed E-state index contributed by atoms with van der Waals surface area (Å²) in [5.74, 6) is 1.74. The molecule has 2 aliphatic rings. The summed E-state index contributed by atoms with van der Waals surface area (Å²) in [5.41, 5.74) is 1.16. The molecule has 126 valence electrons. The van der Waals surface area contributed by atoms with Crippen LogP contribution in [0.1, 0.15) is 25.5 Å². The summed E-state index contributed by atoms with van der Waals surface area (Å²) < 4.78 is 7.52. The number of pyridine rings is 1. The fourth-order valence-corrected chi connectivity index (χ4v) is 3.15. The van der Waals surface area contributed by atoms with Crippen molar-refractivity contribution in [2.24, 2.45) is 5.41 Å². The molecular weight excluding hydrogens is 308 g/mol. The third-order valence-electron chi connectivity index (χ3n) is 4.52. The van der Waals surface area contributed by atoms with E-state index in [0.29, 0.717) is 26.3 Å². The third kappa shape index (κ3) is 2.52. The van der Waals surface area contributed by atoms with Gasteiger partial charge in [-0.05, 0) is 19.9 Å². The van der Waals surface area contributed by atoms with Gasteiger partial charge in [0.05, 0.1) is 36.1 Å². The Morgan fingerprint density at radius 1 is 1.38 bits per heavy atom. The second kappa shape index (κ2) is 5.55. The Bertz CT molecular complexity index is 785. The molecule has 8 nitrogen and oxygen atoms in total. The first-order valence-corrected chi connectivity index (χ1v) is 8.04. The van der Waals surface area contributed by atoms with Gasteiger partial charge in [0.25, 0.3) is 0 Å². The van der Waals surface area contributed by atoms with Gasteiger partial charge in [-0.3, -0.25) is 9.78 Å². The van der Waals surface area contributed by atoms with E-state index in [0.717, 1.165) is 29.6 Å². The lowest BCUT2D eigenvalue weighted by Gasteiger charge is -2.29. The lowest BCUT2D eigenvalue weighted by Crippen LogP contribution is -2.39. The highest BCUT2D eigenvalue weighted by atomic mass is 16.5. The molecule has 0 unspecified atom stereocenters. The van der Waals surface area contributed by atoms with Crippen molar-refractivity contribution in [3.63, 3.8) is 0 Å². The van der Waals surface area contributed by atoms with Gasteiger partial charge in [0.1, 0.15) is 6.61 Å². The SMILES string of the molecule is CC1(C)CN(Cc2nnc3n2CCOC3)c2cnccc2NC1=O. The quantitative estimate of drug-likeness (QED) is 0.891. The van der Waals surface area contributed by atoms with Crippen molar-refractivity contribution in [1.82, 2.24) is 19.7 Å². The molecule has 0 aliphatic carbocycles. The first-order valence-electron chi connectivity index (χ1n) is 8.04. The number of rotatable bonds is 2. The number of carbonyl (C=O) groups is 1. The number of ether oxygens (including phenoxy) is 1. The number of hydrogen-bond acceptors (Lipinski definition) is 6. The standard InChI is InChI=1S/C16H20N6O2/c1-16(2)10-21(12-7-17-4-3-11(12)18-15(16)23)8-13-19-20-14-9-24-6-5-22(13)14/h3-4,7H,5-6,8-10H2,1-2H3,(H,18,23). The van der Waals surface area contributed by atoms with Crippen LogP contribution in [0.5, 0.6) is 0 Å². The number of nitrogens with one attached hydrogen (secondary N) is 1. The molecule has 1 amide bonds. The van der Waals surface area contributed by atoms with E-state index in [1.54, 1.807) is 12.4 Å². The largest absolute Gasteiger partial charge is 0.372 e. The number of amides is 1. The molecule has 0 aromatic carbocycles. The summed E-state index contributed by atoms with van der Waals surface area (Å²) in [7, 11) is 0. The Morgan fingerprint density at radius 3 is 3.12 bits per heavy atom. The van der Waals surface area contributed by atoms with Crippen LogP contribution in [0.4, 0.5) is 11.4 Å². The molecule has 4 rings (SSSR count). The van der Waals surface area contributed by atoms with Crippen LogP contribution >= 0.6 is 0 Å². The number of fused-ring (bicyclic) bond motifs is 2.